The van der Waals surface area contributed by atoms with Gasteiger partial charge in [0.1, 0.15) is 11.5 Å². The molecule has 3 rings (SSSR count). The number of nitrogens with zero attached hydrogens (tertiary/aromatic N) is 3. The first-order chi connectivity index (χ1) is 13.6. The molecule has 0 aliphatic rings. The van der Waals surface area contributed by atoms with E-state index in [4.69, 9.17) is 9.15 Å². The molecule has 0 saturated heterocycles. The molecule has 0 spiro atoms. The molecule has 0 radical (unpaired) electrons. The van der Waals surface area contributed by atoms with Crippen LogP contribution in [0.3, 0.4) is 0 Å². The molecule has 0 fully saturated rings. The Morgan fingerprint density at radius 1 is 1.21 bits per heavy atom. The van der Waals surface area contributed by atoms with E-state index < -0.39 is 0 Å². The van der Waals surface area contributed by atoms with Gasteiger partial charge in [0.2, 0.25) is 5.91 Å². The molecule has 8 heteroatoms. The Balaban J connectivity index is 1.64. The summed E-state index contributed by atoms with van der Waals surface area (Å²) >= 11 is 1.37. The van der Waals surface area contributed by atoms with Crippen molar-refractivity contribution < 1.29 is 13.9 Å². The molecule has 7 nitrogen and oxygen atoms in total. The number of hydrogen-bond acceptors (Lipinski definition) is 6. The van der Waals surface area contributed by atoms with Crippen LogP contribution in [0.15, 0.2) is 46.2 Å². The number of benzene rings is 1. The number of carbonyl (C=O) groups is 1. The quantitative estimate of drug-likeness (QED) is 0.537. The van der Waals surface area contributed by atoms with Crippen molar-refractivity contribution in [2.24, 2.45) is 0 Å². The molecule has 2 aromatic heterocycles. The monoisotopic (exact) mass is 400 g/mol. The SMILES string of the molecule is CCCn1c(SCC(=O)Nc2ccc(OCC)cc2)nnc1-c1ccoc1C. The van der Waals surface area contributed by atoms with Gasteiger partial charge in [-0.3, -0.25) is 4.79 Å². The molecule has 0 saturated carbocycles. The standard InChI is InChI=1S/C20H24N4O3S/c1-4-11-24-19(17-10-12-27-14(17)3)22-23-20(24)28-13-18(25)21-15-6-8-16(9-7-15)26-5-2/h6-10,12H,4-5,11,13H2,1-3H3,(H,21,25). The first kappa shape index (κ1) is 20.0. The van der Waals surface area contributed by atoms with Crippen LogP contribution in [0.1, 0.15) is 26.0 Å². The number of ether oxygens (including phenoxy) is 1. The zero-order chi connectivity index (χ0) is 19.9. The molecule has 1 N–H and O–H groups in total. The van der Waals surface area contributed by atoms with Crippen LogP contribution < -0.4 is 10.1 Å². The summed E-state index contributed by atoms with van der Waals surface area (Å²) in [4.78, 5) is 12.3. The van der Waals surface area contributed by atoms with Gasteiger partial charge in [0.15, 0.2) is 11.0 Å². The Morgan fingerprint density at radius 3 is 2.64 bits per heavy atom. The minimum atomic E-state index is -0.0961. The predicted molar refractivity (Wildman–Crippen MR) is 110 cm³/mol. The van der Waals surface area contributed by atoms with Gasteiger partial charge < -0.3 is 19.0 Å². The average Bonchev–Trinajstić information content (AvgIpc) is 3.28. The second-order valence-electron chi connectivity index (χ2n) is 6.14. The summed E-state index contributed by atoms with van der Waals surface area (Å²) in [6.45, 7) is 7.32. The van der Waals surface area contributed by atoms with Crippen molar-refractivity contribution in [3.8, 4) is 17.1 Å². The highest BCUT2D eigenvalue weighted by Crippen LogP contribution is 2.27. The van der Waals surface area contributed by atoms with Crippen LogP contribution in [0, 0.1) is 6.92 Å². The maximum absolute atomic E-state index is 12.3. The summed E-state index contributed by atoms with van der Waals surface area (Å²) in [6, 6.07) is 9.21. The lowest BCUT2D eigenvalue weighted by Gasteiger charge is -2.09. The van der Waals surface area contributed by atoms with Crippen molar-refractivity contribution in [1.82, 2.24) is 14.8 Å². The molecule has 0 bridgehead atoms. The van der Waals surface area contributed by atoms with Gasteiger partial charge in [0, 0.05) is 12.2 Å². The van der Waals surface area contributed by atoms with Crippen LogP contribution in [-0.2, 0) is 11.3 Å². The molecule has 0 aliphatic heterocycles. The zero-order valence-corrected chi connectivity index (χ0v) is 17.1. The number of hydrogen-bond donors (Lipinski definition) is 1. The number of aromatic nitrogens is 3. The highest BCUT2D eigenvalue weighted by Gasteiger charge is 2.17. The van der Waals surface area contributed by atoms with E-state index in [9.17, 15) is 4.79 Å². The maximum Gasteiger partial charge on any atom is 0.234 e. The number of nitrogens with one attached hydrogen (secondary N) is 1. The van der Waals surface area contributed by atoms with E-state index in [0.29, 0.717) is 6.61 Å². The largest absolute Gasteiger partial charge is 0.494 e. The minimum Gasteiger partial charge on any atom is -0.494 e. The number of rotatable bonds is 9. The number of furan rings is 1. The molecule has 3 aromatic rings. The fraction of sp³-hybridized carbons (Fsp3) is 0.350. The lowest BCUT2D eigenvalue weighted by Crippen LogP contribution is -2.14. The third-order valence-electron chi connectivity index (χ3n) is 4.05. The van der Waals surface area contributed by atoms with Gasteiger partial charge in [-0.25, -0.2) is 0 Å². The Bertz CT molecular complexity index is 918. The van der Waals surface area contributed by atoms with Crippen LogP contribution in [-0.4, -0.2) is 33.0 Å². The Hall–Kier alpha value is -2.74. The smallest absolute Gasteiger partial charge is 0.234 e. The van der Waals surface area contributed by atoms with Crippen molar-refractivity contribution >= 4 is 23.4 Å². The molecule has 148 valence electrons. The Kier molecular flexibility index (Phi) is 6.76. The van der Waals surface area contributed by atoms with Crippen molar-refractivity contribution in [3.05, 3.63) is 42.4 Å². The van der Waals surface area contributed by atoms with Gasteiger partial charge in [0.25, 0.3) is 0 Å². The fourth-order valence-electron chi connectivity index (χ4n) is 2.77. The molecule has 1 amide bonds. The van der Waals surface area contributed by atoms with Gasteiger partial charge in [-0.2, -0.15) is 0 Å². The van der Waals surface area contributed by atoms with Gasteiger partial charge in [-0.1, -0.05) is 18.7 Å². The van der Waals surface area contributed by atoms with E-state index in [1.807, 2.05) is 48.7 Å². The number of aryl methyl sites for hydroxylation is 1. The predicted octanol–water partition coefficient (Wildman–Crippen LogP) is 4.39. The van der Waals surface area contributed by atoms with Crippen molar-refractivity contribution in [3.63, 3.8) is 0 Å². The van der Waals surface area contributed by atoms with Crippen LogP contribution in [0.2, 0.25) is 0 Å². The topological polar surface area (TPSA) is 82.2 Å². The van der Waals surface area contributed by atoms with Gasteiger partial charge in [0.05, 0.1) is 24.2 Å². The second-order valence-corrected chi connectivity index (χ2v) is 7.09. The van der Waals surface area contributed by atoms with Crippen LogP contribution in [0.25, 0.3) is 11.4 Å². The minimum absolute atomic E-state index is 0.0961. The number of carbonyl (C=O) groups excluding carboxylic acids is 1. The summed E-state index contributed by atoms with van der Waals surface area (Å²) in [7, 11) is 0. The molecule has 0 atom stereocenters. The summed E-state index contributed by atoms with van der Waals surface area (Å²) in [5.41, 5.74) is 1.66. The van der Waals surface area contributed by atoms with E-state index in [-0.39, 0.29) is 11.7 Å². The van der Waals surface area contributed by atoms with E-state index in [0.717, 1.165) is 46.7 Å². The summed E-state index contributed by atoms with van der Waals surface area (Å²) in [6.07, 6.45) is 2.58. The van der Waals surface area contributed by atoms with Crippen molar-refractivity contribution in [2.45, 2.75) is 38.9 Å². The summed E-state index contributed by atoms with van der Waals surface area (Å²) < 4.78 is 12.8. The molecule has 2 heterocycles. The van der Waals surface area contributed by atoms with Crippen molar-refractivity contribution in [2.75, 3.05) is 17.7 Å². The van der Waals surface area contributed by atoms with Crippen LogP contribution in [0.4, 0.5) is 5.69 Å². The molecule has 0 aliphatic carbocycles. The van der Waals surface area contributed by atoms with Crippen LogP contribution >= 0.6 is 11.8 Å². The van der Waals surface area contributed by atoms with Gasteiger partial charge in [-0.05, 0) is 50.6 Å². The van der Waals surface area contributed by atoms with Crippen LogP contribution in [0.5, 0.6) is 5.75 Å². The summed E-state index contributed by atoms with van der Waals surface area (Å²) in [5.74, 6) is 2.50. The third kappa shape index (κ3) is 4.75. The van der Waals surface area contributed by atoms with E-state index in [1.54, 1.807) is 6.26 Å². The van der Waals surface area contributed by atoms with Crippen molar-refractivity contribution in [1.29, 1.82) is 0 Å². The van der Waals surface area contributed by atoms with E-state index in [1.165, 1.54) is 11.8 Å². The number of thioether (sulfide) groups is 1. The number of anilines is 1. The Morgan fingerprint density at radius 2 is 2.00 bits per heavy atom. The average molecular weight is 401 g/mol. The first-order valence-electron chi connectivity index (χ1n) is 9.25. The maximum atomic E-state index is 12.3. The third-order valence-corrected chi connectivity index (χ3v) is 5.01. The lowest BCUT2D eigenvalue weighted by atomic mass is 10.2. The lowest BCUT2D eigenvalue weighted by molar-refractivity contribution is -0.113. The number of amides is 1. The molecular formula is C20H24N4O3S. The molecule has 0 unspecified atom stereocenters. The van der Waals surface area contributed by atoms with E-state index >= 15 is 0 Å². The second kappa shape index (κ2) is 9.45. The Labute approximate surface area is 168 Å². The van der Waals surface area contributed by atoms with E-state index in [2.05, 4.69) is 22.4 Å². The highest BCUT2D eigenvalue weighted by molar-refractivity contribution is 7.99. The normalized spacial score (nSPS) is 10.8. The molecule has 28 heavy (non-hydrogen) atoms. The van der Waals surface area contributed by atoms with Gasteiger partial charge >= 0.3 is 0 Å². The van der Waals surface area contributed by atoms with Gasteiger partial charge in [-0.15, -0.1) is 10.2 Å². The first-order valence-corrected chi connectivity index (χ1v) is 10.2. The summed E-state index contributed by atoms with van der Waals surface area (Å²) in [5, 5.41) is 12.2. The highest BCUT2D eigenvalue weighted by atomic mass is 32.2. The fourth-order valence-corrected chi connectivity index (χ4v) is 3.53. The molecule has 1 aromatic carbocycles. The zero-order valence-electron chi connectivity index (χ0n) is 16.3. The molecular weight excluding hydrogens is 376 g/mol.